The fourth-order valence-corrected chi connectivity index (χ4v) is 10.4. The first-order valence-corrected chi connectivity index (χ1v) is 20.5. The van der Waals surface area contributed by atoms with Gasteiger partial charge in [-0.15, -0.1) is 6.58 Å². The molecule has 0 saturated carbocycles. The summed E-state index contributed by atoms with van der Waals surface area (Å²) in [5, 5.41) is 0. The molecule has 0 aromatic heterocycles. The summed E-state index contributed by atoms with van der Waals surface area (Å²) in [5.41, 5.74) is 23.8. The van der Waals surface area contributed by atoms with Crippen molar-refractivity contribution in [3.05, 3.63) is 166 Å². The molecular formula is C51H48S2. The van der Waals surface area contributed by atoms with Crippen LogP contribution >= 0.6 is 25.3 Å². The minimum atomic E-state index is -0.293. The monoisotopic (exact) mass is 724 g/mol. The number of hydrogen-bond acceptors (Lipinski definition) is 2. The van der Waals surface area contributed by atoms with Gasteiger partial charge >= 0.3 is 0 Å². The van der Waals surface area contributed by atoms with Gasteiger partial charge in [0.05, 0.1) is 0 Å². The summed E-state index contributed by atoms with van der Waals surface area (Å²) in [4.78, 5) is 0. The molecule has 0 aliphatic heterocycles. The molecule has 1 atom stereocenters. The van der Waals surface area contributed by atoms with Gasteiger partial charge in [0.2, 0.25) is 0 Å². The molecule has 264 valence electrons. The summed E-state index contributed by atoms with van der Waals surface area (Å²) >= 11 is 9.21. The molecule has 0 amide bonds. The highest BCUT2D eigenvalue weighted by Crippen LogP contribution is 2.56. The third-order valence-electron chi connectivity index (χ3n) is 13.0. The Bertz CT molecular complexity index is 2490. The molecule has 0 fully saturated rings. The highest BCUT2D eigenvalue weighted by atomic mass is 32.1. The number of allylic oxidation sites excluding steroid dienone is 1. The third-order valence-corrected chi connectivity index (χ3v) is 13.5. The highest BCUT2D eigenvalue weighted by Gasteiger charge is 2.42. The molecule has 9 rings (SSSR count). The second-order valence-electron chi connectivity index (χ2n) is 16.7. The molecule has 3 aliphatic rings. The maximum Gasteiger partial charge on any atom is 0.0392 e. The van der Waals surface area contributed by atoms with Crippen molar-refractivity contribution in [1.29, 1.82) is 0 Å². The number of benzene rings is 6. The van der Waals surface area contributed by atoms with E-state index in [1.165, 1.54) is 100 Å². The summed E-state index contributed by atoms with van der Waals surface area (Å²) in [7, 11) is 0. The van der Waals surface area contributed by atoms with Crippen molar-refractivity contribution in [3.8, 4) is 55.6 Å². The lowest BCUT2D eigenvalue weighted by atomic mass is 9.73. The predicted octanol–water partition coefficient (Wildman–Crippen LogP) is 13.6. The van der Waals surface area contributed by atoms with Gasteiger partial charge in [0, 0.05) is 16.2 Å². The molecule has 6 aromatic carbocycles. The molecule has 0 bridgehead atoms. The summed E-state index contributed by atoms with van der Waals surface area (Å²) < 4.78 is 0. The molecule has 0 N–H and O–H groups in total. The van der Waals surface area contributed by atoms with E-state index in [1.807, 2.05) is 0 Å². The SMILES string of the molecule is C=CC1(CCCS)c2cc(-c3ccc4c(c3)C(C)(C)c3cc(C)ccc3-4)ccc2-c2ccc(-c3ccc4c(c3)C(C)(C)c3cc(CCS)ccc3-4)cc21. The normalized spacial score (nSPS) is 17.8. The fourth-order valence-electron chi connectivity index (χ4n) is 10.0. The third kappa shape index (κ3) is 5.05. The van der Waals surface area contributed by atoms with Crippen LogP contribution in [-0.4, -0.2) is 11.5 Å². The topological polar surface area (TPSA) is 0 Å². The molecule has 3 aliphatic carbocycles. The minimum Gasteiger partial charge on any atom is -0.179 e. The van der Waals surface area contributed by atoms with Gasteiger partial charge in [-0.25, -0.2) is 0 Å². The van der Waals surface area contributed by atoms with Gasteiger partial charge in [0.15, 0.2) is 0 Å². The van der Waals surface area contributed by atoms with Crippen molar-refractivity contribution < 1.29 is 0 Å². The van der Waals surface area contributed by atoms with E-state index in [0.29, 0.717) is 0 Å². The Labute approximate surface area is 327 Å². The summed E-state index contributed by atoms with van der Waals surface area (Å²) in [5.74, 6) is 1.71. The summed E-state index contributed by atoms with van der Waals surface area (Å²) in [6.07, 6.45) is 5.20. The molecule has 6 aromatic rings. The van der Waals surface area contributed by atoms with Crippen LogP contribution in [0.1, 0.15) is 85.0 Å². The van der Waals surface area contributed by atoms with Crippen molar-refractivity contribution in [2.45, 2.75) is 70.1 Å². The predicted molar refractivity (Wildman–Crippen MR) is 234 cm³/mol. The largest absolute Gasteiger partial charge is 0.179 e. The standard InChI is InChI=1S/C51H48S2/c1-7-51(22-8-23-52)47-29-35(33-11-17-39-37-15-9-31(2)25-43(37)49(3,4)45(39)27-33)13-19-41(47)42-20-14-36(30-48(42)51)34-12-18-40-38-16-10-32(21-24-53)26-44(38)50(5,6)46(40)28-34/h7,9-20,25-30,52-53H,1,8,21-24H2,2-6H3. The van der Waals surface area contributed by atoms with Crippen molar-refractivity contribution in [3.63, 3.8) is 0 Å². The van der Waals surface area contributed by atoms with Crippen LogP contribution in [0.4, 0.5) is 0 Å². The van der Waals surface area contributed by atoms with Gasteiger partial charge in [0.25, 0.3) is 0 Å². The molecule has 0 radical (unpaired) electrons. The van der Waals surface area contributed by atoms with Crippen LogP contribution in [-0.2, 0) is 22.7 Å². The van der Waals surface area contributed by atoms with E-state index in [4.69, 9.17) is 12.6 Å². The molecular weight excluding hydrogens is 677 g/mol. The molecule has 0 saturated heterocycles. The van der Waals surface area contributed by atoms with E-state index in [2.05, 4.69) is 169 Å². The zero-order valence-electron chi connectivity index (χ0n) is 31.6. The second-order valence-corrected chi connectivity index (χ2v) is 17.6. The van der Waals surface area contributed by atoms with Crippen molar-refractivity contribution in [2.75, 3.05) is 11.5 Å². The fraction of sp³-hybridized carbons (Fsp3) is 0.255. The number of thiol groups is 2. The molecule has 1 unspecified atom stereocenters. The number of fused-ring (bicyclic) bond motifs is 9. The van der Waals surface area contributed by atoms with E-state index in [0.717, 1.165) is 30.8 Å². The van der Waals surface area contributed by atoms with Crippen LogP contribution in [0.2, 0.25) is 0 Å². The zero-order chi connectivity index (χ0) is 36.9. The lowest BCUT2D eigenvalue weighted by Gasteiger charge is -2.29. The Hall–Kier alpha value is -4.24. The Kier molecular flexibility index (Phi) is 8.08. The maximum absolute atomic E-state index is 4.70. The average molecular weight is 725 g/mol. The quantitative estimate of drug-likeness (QED) is 0.113. The first-order valence-electron chi connectivity index (χ1n) is 19.2. The van der Waals surface area contributed by atoms with Crippen molar-refractivity contribution >= 4 is 25.3 Å². The van der Waals surface area contributed by atoms with Gasteiger partial charge in [-0.1, -0.05) is 124 Å². The van der Waals surface area contributed by atoms with Gasteiger partial charge in [-0.2, -0.15) is 25.3 Å². The van der Waals surface area contributed by atoms with Gasteiger partial charge in [-0.3, -0.25) is 0 Å². The Balaban J connectivity index is 1.12. The van der Waals surface area contributed by atoms with Gasteiger partial charge in [-0.05, 0) is 157 Å². The number of hydrogen-bond donors (Lipinski definition) is 2. The van der Waals surface area contributed by atoms with E-state index in [-0.39, 0.29) is 16.2 Å². The van der Waals surface area contributed by atoms with E-state index in [1.54, 1.807) is 0 Å². The van der Waals surface area contributed by atoms with Crippen LogP contribution in [0.3, 0.4) is 0 Å². The summed E-state index contributed by atoms with van der Waals surface area (Å²) in [6, 6.07) is 42.5. The summed E-state index contributed by atoms with van der Waals surface area (Å²) in [6.45, 7) is 16.3. The second kappa shape index (κ2) is 12.4. The van der Waals surface area contributed by atoms with Crippen molar-refractivity contribution in [2.24, 2.45) is 0 Å². The smallest absolute Gasteiger partial charge is 0.0392 e. The molecule has 0 nitrogen and oxygen atoms in total. The minimum absolute atomic E-state index is 0.0434. The first kappa shape index (κ1) is 34.5. The first-order chi connectivity index (χ1) is 25.5. The molecule has 0 spiro atoms. The van der Waals surface area contributed by atoms with Crippen LogP contribution in [0.25, 0.3) is 55.6 Å². The van der Waals surface area contributed by atoms with E-state index in [9.17, 15) is 0 Å². The van der Waals surface area contributed by atoms with Crippen LogP contribution in [0.15, 0.2) is 122 Å². The van der Waals surface area contributed by atoms with Crippen LogP contribution in [0.5, 0.6) is 0 Å². The Morgan fingerprint density at radius 1 is 0.491 bits per heavy atom. The van der Waals surface area contributed by atoms with Gasteiger partial charge in [0.1, 0.15) is 0 Å². The Morgan fingerprint density at radius 2 is 0.887 bits per heavy atom. The zero-order valence-corrected chi connectivity index (χ0v) is 33.4. The van der Waals surface area contributed by atoms with E-state index >= 15 is 0 Å². The van der Waals surface area contributed by atoms with Crippen molar-refractivity contribution in [1.82, 2.24) is 0 Å². The number of aryl methyl sites for hydroxylation is 2. The van der Waals surface area contributed by atoms with Crippen LogP contribution in [0, 0.1) is 6.92 Å². The lowest BCUT2D eigenvalue weighted by Crippen LogP contribution is -2.22. The molecule has 2 heteroatoms. The van der Waals surface area contributed by atoms with E-state index < -0.39 is 0 Å². The average Bonchev–Trinajstić information content (AvgIpc) is 3.66. The van der Waals surface area contributed by atoms with Gasteiger partial charge < -0.3 is 0 Å². The molecule has 0 heterocycles. The maximum atomic E-state index is 4.70. The van der Waals surface area contributed by atoms with Crippen LogP contribution < -0.4 is 0 Å². The lowest BCUT2D eigenvalue weighted by molar-refractivity contribution is 0.587. The highest BCUT2D eigenvalue weighted by molar-refractivity contribution is 7.80. The number of rotatable bonds is 8. The molecule has 53 heavy (non-hydrogen) atoms. The Morgan fingerprint density at radius 3 is 1.34 bits per heavy atom.